The van der Waals surface area contributed by atoms with Crippen LogP contribution in [0, 0.1) is 11.7 Å². The van der Waals surface area contributed by atoms with Gasteiger partial charge in [0.15, 0.2) is 4.77 Å². The zero-order valence-electron chi connectivity index (χ0n) is 15.2. The zero-order valence-corrected chi connectivity index (χ0v) is 16.8. The Balaban J connectivity index is 1.67. The topological polar surface area (TPSA) is 80.5 Å². The molecule has 0 aliphatic heterocycles. The Labute approximate surface area is 167 Å². The second-order valence-electron chi connectivity index (χ2n) is 6.09. The fourth-order valence-electron chi connectivity index (χ4n) is 2.92. The molecule has 3 rings (SSSR count). The number of aromatic amines is 1. The predicted octanol–water partition coefficient (Wildman–Crippen LogP) is 3.14. The molecule has 0 atom stereocenters. The smallest absolute Gasteiger partial charge is 0.256 e. The minimum atomic E-state index is -0.242. The Morgan fingerprint density at radius 2 is 2.07 bits per heavy atom. The minimum absolute atomic E-state index is 0.242. The highest BCUT2D eigenvalue weighted by atomic mass is 35.5. The number of hydrogen-bond acceptors (Lipinski definition) is 4. The molecule has 7 nitrogen and oxygen atoms in total. The number of halogens is 1. The van der Waals surface area contributed by atoms with E-state index in [1.165, 1.54) is 0 Å². The molecule has 1 aromatic carbocycles. The number of nitrogens with one attached hydrogen (secondary N) is 2. The average molecular weight is 405 g/mol. The first-order valence-electron chi connectivity index (χ1n) is 8.70. The summed E-state index contributed by atoms with van der Waals surface area (Å²) >= 11 is 11.6. The summed E-state index contributed by atoms with van der Waals surface area (Å²) in [6.45, 7) is 5.45. The van der Waals surface area contributed by atoms with Gasteiger partial charge in [0.05, 0.1) is 17.8 Å². The molecule has 0 bridgehead atoms. The van der Waals surface area contributed by atoms with E-state index in [0.29, 0.717) is 40.7 Å². The molecule has 142 valence electrons. The Kier molecular flexibility index (Phi) is 6.08. The molecule has 9 heteroatoms. The molecule has 2 aromatic heterocycles. The van der Waals surface area contributed by atoms with E-state index in [-0.39, 0.29) is 5.91 Å². The summed E-state index contributed by atoms with van der Waals surface area (Å²) in [7, 11) is 0. The summed E-state index contributed by atoms with van der Waals surface area (Å²) in [5.74, 6) is 0.569. The van der Waals surface area contributed by atoms with Crippen LogP contribution in [0.3, 0.4) is 0 Å². The molecular weight excluding hydrogens is 384 g/mol. The van der Waals surface area contributed by atoms with Crippen molar-refractivity contribution in [3.05, 3.63) is 62.9 Å². The van der Waals surface area contributed by atoms with Crippen molar-refractivity contribution in [1.82, 2.24) is 29.9 Å². The van der Waals surface area contributed by atoms with Gasteiger partial charge in [-0.1, -0.05) is 41.9 Å². The molecule has 2 N–H and O–H groups in total. The summed E-state index contributed by atoms with van der Waals surface area (Å²) < 4.78 is 4.13. The van der Waals surface area contributed by atoms with Crippen molar-refractivity contribution in [1.29, 1.82) is 0 Å². The van der Waals surface area contributed by atoms with Gasteiger partial charge >= 0.3 is 0 Å². The van der Waals surface area contributed by atoms with Crippen LogP contribution in [0.4, 0.5) is 0 Å². The van der Waals surface area contributed by atoms with Crippen LogP contribution in [-0.2, 0) is 19.5 Å². The summed E-state index contributed by atoms with van der Waals surface area (Å²) in [4.78, 5) is 12.6. The second kappa shape index (κ2) is 8.49. The van der Waals surface area contributed by atoms with Gasteiger partial charge in [0.25, 0.3) is 5.91 Å². The van der Waals surface area contributed by atoms with Gasteiger partial charge in [0, 0.05) is 19.5 Å². The highest BCUT2D eigenvalue weighted by Gasteiger charge is 2.20. The molecule has 27 heavy (non-hydrogen) atoms. The van der Waals surface area contributed by atoms with E-state index in [2.05, 4.69) is 20.6 Å². The predicted molar refractivity (Wildman–Crippen MR) is 107 cm³/mol. The molecule has 0 unspecified atom stereocenters. The van der Waals surface area contributed by atoms with Crippen molar-refractivity contribution in [3.8, 4) is 0 Å². The van der Waals surface area contributed by atoms with E-state index >= 15 is 0 Å². The third-order valence-corrected chi connectivity index (χ3v) is 4.95. The monoisotopic (exact) mass is 404 g/mol. The lowest BCUT2D eigenvalue weighted by Gasteiger charge is -2.06. The van der Waals surface area contributed by atoms with Crippen molar-refractivity contribution < 1.29 is 4.79 Å². The highest BCUT2D eigenvalue weighted by Crippen LogP contribution is 2.20. The molecule has 0 aliphatic rings. The fraction of sp³-hybridized carbons (Fsp3) is 0.333. The molecular formula is C18H21ClN6OS. The molecule has 1 amide bonds. The summed E-state index contributed by atoms with van der Waals surface area (Å²) in [6, 6.07) is 9.85. The molecule has 0 saturated heterocycles. The molecule has 0 radical (unpaired) electrons. The Bertz CT molecular complexity index is 991. The molecule has 0 fully saturated rings. The number of aromatic nitrogens is 5. The van der Waals surface area contributed by atoms with Crippen LogP contribution in [0.1, 0.15) is 34.4 Å². The molecule has 0 spiro atoms. The maximum Gasteiger partial charge on any atom is 0.256 e. The van der Waals surface area contributed by atoms with Crippen LogP contribution in [0.5, 0.6) is 0 Å². The Morgan fingerprint density at radius 1 is 1.33 bits per heavy atom. The number of carbonyl (C=O) groups is 1. The van der Waals surface area contributed by atoms with Crippen molar-refractivity contribution in [3.63, 3.8) is 0 Å². The van der Waals surface area contributed by atoms with Gasteiger partial charge in [-0.15, -0.1) is 0 Å². The molecule has 2 heterocycles. The maximum atomic E-state index is 12.6. The standard InChI is InChI=1S/C18H21ClN6OS/c1-3-24-14(21-22-18(24)27)9-10-20-17(26)15-12(2)23-25(16(15)19)11-13-7-5-4-6-8-13/h4-8H,3,9-11H2,1-2H3,(H,20,26)(H,22,27). The normalized spacial score (nSPS) is 10.9. The largest absolute Gasteiger partial charge is 0.351 e. The average Bonchev–Trinajstić information content (AvgIpc) is 3.14. The first-order chi connectivity index (χ1) is 13.0. The lowest BCUT2D eigenvalue weighted by Crippen LogP contribution is -2.27. The van der Waals surface area contributed by atoms with E-state index in [9.17, 15) is 4.79 Å². The number of carbonyl (C=O) groups excluding carboxylic acids is 1. The van der Waals surface area contributed by atoms with Gasteiger partial charge in [-0.2, -0.15) is 10.2 Å². The number of rotatable bonds is 7. The summed E-state index contributed by atoms with van der Waals surface area (Å²) in [5.41, 5.74) is 2.07. The van der Waals surface area contributed by atoms with Crippen LogP contribution in [0.2, 0.25) is 5.15 Å². The first-order valence-corrected chi connectivity index (χ1v) is 9.49. The van der Waals surface area contributed by atoms with E-state index in [1.54, 1.807) is 11.6 Å². The SMILES string of the molecule is CCn1c(CCNC(=O)c2c(C)nn(Cc3ccccc3)c2Cl)n[nH]c1=S. The van der Waals surface area contributed by atoms with E-state index in [1.807, 2.05) is 41.8 Å². The Morgan fingerprint density at radius 3 is 2.78 bits per heavy atom. The van der Waals surface area contributed by atoms with Crippen molar-refractivity contribution >= 4 is 29.7 Å². The van der Waals surface area contributed by atoms with Gasteiger partial charge in [-0.3, -0.25) is 9.89 Å². The first kappa shape index (κ1) is 19.3. The summed E-state index contributed by atoms with van der Waals surface area (Å²) in [6.07, 6.45) is 0.571. The fourth-order valence-corrected chi connectivity index (χ4v) is 3.52. The van der Waals surface area contributed by atoms with E-state index in [0.717, 1.165) is 17.9 Å². The summed E-state index contributed by atoms with van der Waals surface area (Å²) in [5, 5.41) is 14.6. The van der Waals surface area contributed by atoms with Gasteiger partial charge < -0.3 is 9.88 Å². The van der Waals surface area contributed by atoms with Gasteiger partial charge in [-0.25, -0.2) is 4.68 Å². The van der Waals surface area contributed by atoms with Crippen LogP contribution < -0.4 is 5.32 Å². The third-order valence-electron chi connectivity index (χ3n) is 4.26. The third kappa shape index (κ3) is 4.28. The highest BCUT2D eigenvalue weighted by molar-refractivity contribution is 7.71. The van der Waals surface area contributed by atoms with Gasteiger partial charge in [0.2, 0.25) is 0 Å². The van der Waals surface area contributed by atoms with Crippen LogP contribution in [0.15, 0.2) is 30.3 Å². The number of nitrogens with zero attached hydrogens (tertiary/aromatic N) is 4. The van der Waals surface area contributed by atoms with Gasteiger partial charge in [-0.05, 0) is 31.6 Å². The van der Waals surface area contributed by atoms with E-state index < -0.39 is 0 Å². The van der Waals surface area contributed by atoms with Crippen LogP contribution in [-0.4, -0.2) is 37.0 Å². The number of aryl methyl sites for hydroxylation is 1. The Hall–Kier alpha value is -2.45. The van der Waals surface area contributed by atoms with Crippen molar-refractivity contribution in [2.24, 2.45) is 0 Å². The maximum absolute atomic E-state index is 12.6. The zero-order chi connectivity index (χ0) is 19.4. The number of amides is 1. The number of hydrogen-bond donors (Lipinski definition) is 2. The van der Waals surface area contributed by atoms with Crippen LogP contribution >= 0.6 is 23.8 Å². The lowest BCUT2D eigenvalue weighted by molar-refractivity contribution is 0.0953. The molecule has 3 aromatic rings. The number of H-pyrrole nitrogens is 1. The molecule has 0 aliphatic carbocycles. The van der Waals surface area contributed by atoms with Crippen LogP contribution in [0.25, 0.3) is 0 Å². The molecule has 0 saturated carbocycles. The van der Waals surface area contributed by atoms with Crippen molar-refractivity contribution in [2.75, 3.05) is 6.54 Å². The van der Waals surface area contributed by atoms with E-state index in [4.69, 9.17) is 23.8 Å². The number of benzene rings is 1. The second-order valence-corrected chi connectivity index (χ2v) is 6.83. The quantitative estimate of drug-likeness (QED) is 0.593. The lowest BCUT2D eigenvalue weighted by atomic mass is 10.2. The van der Waals surface area contributed by atoms with Crippen molar-refractivity contribution in [2.45, 2.75) is 33.4 Å². The van der Waals surface area contributed by atoms with Gasteiger partial charge in [0.1, 0.15) is 11.0 Å². The minimum Gasteiger partial charge on any atom is -0.351 e.